The molecule has 0 unspecified atom stereocenters. The van der Waals surface area contributed by atoms with E-state index in [9.17, 15) is 9.18 Å². The molecule has 2 N–H and O–H groups in total. The second-order valence-corrected chi connectivity index (χ2v) is 5.83. The minimum atomic E-state index is -0.583. The SMILES string of the molecule is NC(=O)c1cncc(N2CCCN(Cc3ccccc3F)CC2)n1. The zero-order chi connectivity index (χ0) is 16.9. The average molecular weight is 329 g/mol. The Morgan fingerprint density at radius 1 is 1.17 bits per heavy atom. The Kier molecular flexibility index (Phi) is 5.00. The molecule has 7 heteroatoms. The maximum atomic E-state index is 13.8. The monoisotopic (exact) mass is 329 g/mol. The molecule has 1 fully saturated rings. The summed E-state index contributed by atoms with van der Waals surface area (Å²) in [7, 11) is 0. The van der Waals surface area contributed by atoms with Crippen LogP contribution in [0.25, 0.3) is 0 Å². The Labute approximate surface area is 140 Å². The lowest BCUT2D eigenvalue weighted by atomic mass is 10.2. The van der Waals surface area contributed by atoms with Gasteiger partial charge < -0.3 is 10.6 Å². The quantitative estimate of drug-likeness (QED) is 0.918. The Morgan fingerprint density at radius 2 is 2.00 bits per heavy atom. The first-order chi connectivity index (χ1) is 11.6. The van der Waals surface area contributed by atoms with Crippen molar-refractivity contribution in [3.63, 3.8) is 0 Å². The molecule has 0 bridgehead atoms. The Bertz CT molecular complexity index is 724. The summed E-state index contributed by atoms with van der Waals surface area (Å²) in [6, 6.07) is 6.87. The lowest BCUT2D eigenvalue weighted by Crippen LogP contribution is -2.31. The first-order valence-electron chi connectivity index (χ1n) is 7.96. The Balaban J connectivity index is 1.66. The van der Waals surface area contributed by atoms with Gasteiger partial charge in [-0.15, -0.1) is 0 Å². The number of primary amides is 1. The topological polar surface area (TPSA) is 75.4 Å². The number of nitrogens with zero attached hydrogens (tertiary/aromatic N) is 4. The van der Waals surface area contributed by atoms with E-state index in [1.807, 2.05) is 12.1 Å². The summed E-state index contributed by atoms with van der Waals surface area (Å²) in [4.78, 5) is 23.9. The molecule has 3 rings (SSSR count). The summed E-state index contributed by atoms with van der Waals surface area (Å²) in [6.45, 7) is 3.81. The van der Waals surface area contributed by atoms with Crippen LogP contribution < -0.4 is 10.6 Å². The van der Waals surface area contributed by atoms with E-state index in [1.165, 1.54) is 12.3 Å². The molecule has 1 aliphatic rings. The minimum Gasteiger partial charge on any atom is -0.364 e. The fraction of sp³-hybridized carbons (Fsp3) is 0.353. The highest BCUT2D eigenvalue weighted by Crippen LogP contribution is 2.16. The van der Waals surface area contributed by atoms with Crippen molar-refractivity contribution in [1.82, 2.24) is 14.9 Å². The molecule has 2 heterocycles. The van der Waals surface area contributed by atoms with Gasteiger partial charge in [-0.3, -0.25) is 14.7 Å². The fourth-order valence-corrected chi connectivity index (χ4v) is 2.85. The van der Waals surface area contributed by atoms with E-state index < -0.39 is 5.91 Å². The van der Waals surface area contributed by atoms with Crippen LogP contribution in [0.4, 0.5) is 10.2 Å². The van der Waals surface area contributed by atoms with E-state index in [1.54, 1.807) is 12.3 Å². The maximum Gasteiger partial charge on any atom is 0.268 e. The normalized spacial score (nSPS) is 16.0. The van der Waals surface area contributed by atoms with Crippen LogP contribution in [-0.4, -0.2) is 47.0 Å². The molecule has 2 aromatic rings. The number of anilines is 1. The van der Waals surface area contributed by atoms with Gasteiger partial charge in [-0.25, -0.2) is 9.37 Å². The predicted octanol–water partition coefficient (Wildman–Crippen LogP) is 1.43. The number of halogens is 1. The van der Waals surface area contributed by atoms with Crippen LogP contribution >= 0.6 is 0 Å². The number of hydrogen-bond acceptors (Lipinski definition) is 5. The number of hydrogen-bond donors (Lipinski definition) is 1. The lowest BCUT2D eigenvalue weighted by molar-refractivity contribution is 0.0995. The summed E-state index contributed by atoms with van der Waals surface area (Å²) in [5.74, 6) is -0.0991. The molecule has 24 heavy (non-hydrogen) atoms. The van der Waals surface area contributed by atoms with Crippen molar-refractivity contribution < 1.29 is 9.18 Å². The molecule has 1 aromatic carbocycles. The smallest absolute Gasteiger partial charge is 0.268 e. The third kappa shape index (κ3) is 3.86. The van der Waals surface area contributed by atoms with Crippen molar-refractivity contribution in [2.75, 3.05) is 31.1 Å². The van der Waals surface area contributed by atoms with Crippen LogP contribution in [0.15, 0.2) is 36.7 Å². The van der Waals surface area contributed by atoms with E-state index in [2.05, 4.69) is 19.8 Å². The van der Waals surface area contributed by atoms with Crippen molar-refractivity contribution in [2.24, 2.45) is 5.73 Å². The maximum absolute atomic E-state index is 13.8. The number of nitrogens with two attached hydrogens (primary N) is 1. The van der Waals surface area contributed by atoms with Gasteiger partial charge in [0.25, 0.3) is 5.91 Å². The van der Waals surface area contributed by atoms with Crippen molar-refractivity contribution in [3.8, 4) is 0 Å². The highest BCUT2D eigenvalue weighted by molar-refractivity contribution is 5.90. The van der Waals surface area contributed by atoms with Crippen LogP contribution in [0.3, 0.4) is 0 Å². The molecule has 0 saturated carbocycles. The summed E-state index contributed by atoms with van der Waals surface area (Å²) in [5, 5.41) is 0. The molecular formula is C17H20FN5O. The largest absolute Gasteiger partial charge is 0.364 e. The highest BCUT2D eigenvalue weighted by Gasteiger charge is 2.18. The Morgan fingerprint density at radius 3 is 2.79 bits per heavy atom. The van der Waals surface area contributed by atoms with E-state index in [4.69, 9.17) is 5.73 Å². The third-order valence-corrected chi connectivity index (χ3v) is 4.14. The zero-order valence-electron chi connectivity index (χ0n) is 13.4. The number of carbonyl (C=O) groups is 1. The van der Waals surface area contributed by atoms with Crippen LogP contribution in [0, 0.1) is 5.82 Å². The third-order valence-electron chi connectivity index (χ3n) is 4.14. The van der Waals surface area contributed by atoms with Crippen molar-refractivity contribution in [1.29, 1.82) is 0 Å². The minimum absolute atomic E-state index is 0.167. The number of rotatable bonds is 4. The zero-order valence-corrected chi connectivity index (χ0v) is 13.4. The lowest BCUT2D eigenvalue weighted by Gasteiger charge is -2.22. The molecular weight excluding hydrogens is 309 g/mol. The summed E-state index contributed by atoms with van der Waals surface area (Å²) >= 11 is 0. The number of carbonyl (C=O) groups excluding carboxylic acids is 1. The molecule has 1 aliphatic heterocycles. The second kappa shape index (κ2) is 7.35. The molecule has 1 saturated heterocycles. The number of amides is 1. The van der Waals surface area contributed by atoms with Crippen LogP contribution in [0.2, 0.25) is 0 Å². The molecule has 1 aromatic heterocycles. The van der Waals surface area contributed by atoms with Gasteiger partial charge in [0.2, 0.25) is 0 Å². The van der Waals surface area contributed by atoms with Crippen molar-refractivity contribution in [2.45, 2.75) is 13.0 Å². The van der Waals surface area contributed by atoms with Gasteiger partial charge in [0.1, 0.15) is 17.3 Å². The van der Waals surface area contributed by atoms with Gasteiger partial charge in [0.15, 0.2) is 0 Å². The molecule has 0 radical (unpaired) electrons. The van der Waals surface area contributed by atoms with Crippen molar-refractivity contribution in [3.05, 3.63) is 53.7 Å². The molecule has 6 nitrogen and oxygen atoms in total. The van der Waals surface area contributed by atoms with Crippen LogP contribution in [0.5, 0.6) is 0 Å². The van der Waals surface area contributed by atoms with Gasteiger partial charge in [-0.05, 0) is 12.5 Å². The van der Waals surface area contributed by atoms with Crippen LogP contribution in [0.1, 0.15) is 22.5 Å². The number of benzene rings is 1. The van der Waals surface area contributed by atoms with E-state index >= 15 is 0 Å². The van der Waals surface area contributed by atoms with E-state index in [0.29, 0.717) is 17.9 Å². The Hall–Kier alpha value is -2.54. The summed E-state index contributed by atoms with van der Waals surface area (Å²) in [5.41, 5.74) is 6.14. The van der Waals surface area contributed by atoms with E-state index in [0.717, 1.165) is 32.6 Å². The molecule has 126 valence electrons. The van der Waals surface area contributed by atoms with Gasteiger partial charge in [-0.1, -0.05) is 18.2 Å². The first-order valence-corrected chi connectivity index (χ1v) is 7.96. The van der Waals surface area contributed by atoms with E-state index in [-0.39, 0.29) is 11.5 Å². The molecule has 0 spiro atoms. The van der Waals surface area contributed by atoms with Crippen LogP contribution in [-0.2, 0) is 6.54 Å². The summed E-state index contributed by atoms with van der Waals surface area (Å²) in [6.07, 6.45) is 3.93. The average Bonchev–Trinajstić information content (AvgIpc) is 2.83. The summed E-state index contributed by atoms with van der Waals surface area (Å²) < 4.78 is 13.8. The first kappa shape index (κ1) is 16.3. The fourth-order valence-electron chi connectivity index (χ4n) is 2.85. The predicted molar refractivity (Wildman–Crippen MR) is 89.1 cm³/mol. The van der Waals surface area contributed by atoms with Crippen molar-refractivity contribution >= 4 is 11.7 Å². The number of aromatic nitrogens is 2. The molecule has 0 aliphatic carbocycles. The van der Waals surface area contributed by atoms with Gasteiger partial charge in [0, 0.05) is 38.3 Å². The van der Waals surface area contributed by atoms with Gasteiger partial charge in [0.05, 0.1) is 12.4 Å². The van der Waals surface area contributed by atoms with Gasteiger partial charge >= 0.3 is 0 Å². The highest BCUT2D eigenvalue weighted by atomic mass is 19.1. The molecule has 0 atom stereocenters. The van der Waals surface area contributed by atoms with Gasteiger partial charge in [-0.2, -0.15) is 0 Å². The molecule has 1 amide bonds. The standard InChI is InChI=1S/C17H20FN5O/c18-14-5-2-1-4-13(14)12-22-6-3-7-23(9-8-22)16-11-20-10-15(21-16)17(19)24/h1-2,4-5,10-11H,3,6-9,12H2,(H2,19,24). The second-order valence-electron chi connectivity index (χ2n) is 5.83.